The molecule has 0 radical (unpaired) electrons. The van der Waals surface area contributed by atoms with E-state index >= 15 is 0 Å². The quantitative estimate of drug-likeness (QED) is 0.161. The lowest BCUT2D eigenvalue weighted by atomic mass is 10.0. The molecule has 1 heterocycles. The second-order valence-electron chi connectivity index (χ2n) is 14.4. The molecular formula is C36H52N6O8. The number of primary amides is 1. The summed E-state index contributed by atoms with van der Waals surface area (Å²) in [5.74, 6) is -2.23. The smallest absolute Gasteiger partial charge is 0.408 e. The van der Waals surface area contributed by atoms with Gasteiger partial charge in [-0.05, 0) is 71.9 Å². The number of carbonyl (C=O) groups excluding carboxylic acids is 5. The van der Waals surface area contributed by atoms with E-state index in [9.17, 15) is 29.1 Å². The largest absolute Gasteiger partial charge is 0.445 e. The molecule has 5 amide bonds. The van der Waals surface area contributed by atoms with Crippen molar-refractivity contribution in [2.75, 3.05) is 6.54 Å². The van der Waals surface area contributed by atoms with Crippen molar-refractivity contribution in [1.82, 2.24) is 26.2 Å². The van der Waals surface area contributed by atoms with E-state index in [-0.39, 0.29) is 19.4 Å². The van der Waals surface area contributed by atoms with Gasteiger partial charge in [-0.3, -0.25) is 19.3 Å². The topological polar surface area (TPSA) is 201 Å². The molecule has 274 valence electrons. The molecule has 2 aromatic carbocycles. The van der Waals surface area contributed by atoms with Crippen LogP contribution < -0.4 is 27.0 Å². The number of hydrogen-bond donors (Lipinski definition) is 6. The van der Waals surface area contributed by atoms with Crippen LogP contribution in [0.2, 0.25) is 0 Å². The van der Waals surface area contributed by atoms with Gasteiger partial charge in [0.25, 0.3) is 0 Å². The number of nitrogens with two attached hydrogens (primary N) is 1. The molecule has 0 saturated carbocycles. The highest BCUT2D eigenvalue weighted by atomic mass is 16.6. The first-order chi connectivity index (χ1) is 23.4. The molecule has 1 saturated heterocycles. The summed E-state index contributed by atoms with van der Waals surface area (Å²) in [6.07, 6.45) is -3.91. The zero-order valence-corrected chi connectivity index (χ0v) is 29.7. The highest BCUT2D eigenvalue weighted by Crippen LogP contribution is 2.27. The summed E-state index contributed by atoms with van der Waals surface area (Å²) in [5.41, 5.74) is 5.85. The molecule has 0 spiro atoms. The minimum Gasteiger partial charge on any atom is -0.445 e. The Hall–Kier alpha value is -4.69. The zero-order valence-electron chi connectivity index (χ0n) is 29.7. The van der Waals surface area contributed by atoms with Gasteiger partial charge in [-0.2, -0.15) is 0 Å². The second-order valence-corrected chi connectivity index (χ2v) is 14.4. The third-order valence-electron chi connectivity index (χ3n) is 7.96. The normalized spacial score (nSPS) is 18.2. The molecule has 1 aliphatic heterocycles. The van der Waals surface area contributed by atoms with Crippen LogP contribution in [0.4, 0.5) is 9.59 Å². The molecule has 0 bridgehead atoms. The molecule has 14 heteroatoms. The maximum atomic E-state index is 14.0. The number of alkyl carbamates (subject to hydrolysis) is 2. The molecule has 1 fully saturated rings. The van der Waals surface area contributed by atoms with Crippen LogP contribution in [0.1, 0.15) is 71.9 Å². The van der Waals surface area contributed by atoms with E-state index in [0.29, 0.717) is 18.5 Å². The molecule has 50 heavy (non-hydrogen) atoms. The molecule has 7 N–H and O–H groups in total. The summed E-state index contributed by atoms with van der Waals surface area (Å²) in [4.78, 5) is 66.5. The first-order valence-corrected chi connectivity index (χ1v) is 16.8. The van der Waals surface area contributed by atoms with Gasteiger partial charge in [0.2, 0.25) is 17.7 Å². The Kier molecular flexibility index (Phi) is 14.2. The number of nitrogens with one attached hydrogen (secondary N) is 4. The Morgan fingerprint density at radius 3 is 2.04 bits per heavy atom. The fraction of sp³-hybridized carbons (Fsp3) is 0.528. The van der Waals surface area contributed by atoms with Gasteiger partial charge in [-0.1, -0.05) is 60.7 Å². The van der Waals surface area contributed by atoms with Crippen LogP contribution in [0, 0.1) is 0 Å². The van der Waals surface area contributed by atoms with Crippen molar-refractivity contribution >= 4 is 29.9 Å². The highest BCUT2D eigenvalue weighted by molar-refractivity contribution is 5.91. The van der Waals surface area contributed by atoms with Crippen molar-refractivity contribution < 1.29 is 38.6 Å². The van der Waals surface area contributed by atoms with Gasteiger partial charge in [-0.15, -0.1) is 0 Å². The summed E-state index contributed by atoms with van der Waals surface area (Å²) in [7, 11) is 0. The average molecular weight is 697 g/mol. The van der Waals surface area contributed by atoms with E-state index in [4.69, 9.17) is 15.2 Å². The second kappa shape index (κ2) is 17.8. The van der Waals surface area contributed by atoms with Gasteiger partial charge < -0.3 is 41.6 Å². The van der Waals surface area contributed by atoms with Crippen molar-refractivity contribution in [1.29, 1.82) is 0 Å². The average Bonchev–Trinajstić information content (AvgIpc) is 3.46. The third kappa shape index (κ3) is 13.3. The minimum absolute atomic E-state index is 0.0795. The number of nitrogens with zero attached hydrogens (tertiary/aromatic N) is 1. The lowest BCUT2D eigenvalue weighted by Crippen LogP contribution is -2.62. The van der Waals surface area contributed by atoms with Crippen LogP contribution in [0.25, 0.3) is 0 Å². The van der Waals surface area contributed by atoms with Crippen LogP contribution in [0.15, 0.2) is 60.7 Å². The van der Waals surface area contributed by atoms with Crippen molar-refractivity contribution in [3.8, 4) is 0 Å². The van der Waals surface area contributed by atoms with Crippen molar-refractivity contribution in [3.05, 3.63) is 71.8 Å². The van der Waals surface area contributed by atoms with Crippen LogP contribution in [-0.2, 0) is 36.9 Å². The number of benzene rings is 2. The fourth-order valence-electron chi connectivity index (χ4n) is 5.58. The number of likely N-dealkylation sites (tertiary alicyclic amines) is 1. The van der Waals surface area contributed by atoms with Gasteiger partial charge in [0.05, 0.1) is 18.6 Å². The Morgan fingerprint density at radius 2 is 1.48 bits per heavy atom. The van der Waals surface area contributed by atoms with E-state index in [0.717, 1.165) is 5.56 Å². The number of hydrogen-bond acceptors (Lipinski definition) is 9. The summed E-state index contributed by atoms with van der Waals surface area (Å²) in [6.45, 7) is 11.4. The van der Waals surface area contributed by atoms with E-state index in [2.05, 4.69) is 21.3 Å². The van der Waals surface area contributed by atoms with E-state index in [1.165, 1.54) is 0 Å². The number of carbonyl (C=O) groups is 5. The van der Waals surface area contributed by atoms with Crippen molar-refractivity contribution in [2.24, 2.45) is 5.73 Å². The number of ether oxygens (including phenoxy) is 2. The van der Waals surface area contributed by atoms with Gasteiger partial charge >= 0.3 is 12.2 Å². The van der Waals surface area contributed by atoms with E-state index in [1.54, 1.807) is 45.0 Å². The first-order valence-electron chi connectivity index (χ1n) is 16.8. The monoisotopic (exact) mass is 696 g/mol. The van der Waals surface area contributed by atoms with E-state index in [1.807, 2.05) is 62.1 Å². The summed E-state index contributed by atoms with van der Waals surface area (Å²) in [5, 5.41) is 22.0. The number of aliphatic hydroxyl groups is 1. The van der Waals surface area contributed by atoms with Gasteiger partial charge in [-0.25, -0.2) is 9.59 Å². The molecule has 5 atom stereocenters. The standard InChI is InChI=1S/C36H52N6O8/c1-35(2,3)42-21-25(38-34(48)50-36(4,5)6)19-27(42)32(46)41-30(28(43)18-17-23-13-9-7-10-14-23)40-31(45)26(20-29(37)44)39-33(47)49-22-24-15-11-8-12-16-24/h7-16,25-28,30,43H,17-22H2,1-6H3,(H2,37,44)(H,38,48)(H,39,47)(H,40,45)(H,41,46)/t25-,26+,27-,28?,30?/m1/s1. The van der Waals surface area contributed by atoms with Crippen LogP contribution in [0.3, 0.4) is 0 Å². The Morgan fingerprint density at radius 1 is 0.880 bits per heavy atom. The molecule has 0 aromatic heterocycles. The van der Waals surface area contributed by atoms with Crippen molar-refractivity contribution in [3.63, 3.8) is 0 Å². The molecular weight excluding hydrogens is 644 g/mol. The lowest BCUT2D eigenvalue weighted by Gasteiger charge is -2.37. The molecule has 1 aliphatic rings. The van der Waals surface area contributed by atoms with E-state index < -0.39 is 77.9 Å². The van der Waals surface area contributed by atoms with Crippen molar-refractivity contribution in [2.45, 2.75) is 115 Å². The van der Waals surface area contributed by atoms with Crippen LogP contribution in [-0.4, -0.2) is 88.0 Å². The Balaban J connectivity index is 1.78. The summed E-state index contributed by atoms with van der Waals surface area (Å²) < 4.78 is 10.6. The molecule has 2 aromatic rings. The summed E-state index contributed by atoms with van der Waals surface area (Å²) >= 11 is 0. The van der Waals surface area contributed by atoms with Gasteiger partial charge in [0, 0.05) is 18.1 Å². The number of amides is 5. The lowest BCUT2D eigenvalue weighted by molar-refractivity contribution is -0.132. The number of aryl methyl sites for hydroxylation is 1. The summed E-state index contributed by atoms with van der Waals surface area (Å²) in [6, 6.07) is 15.6. The third-order valence-corrected chi connectivity index (χ3v) is 7.96. The maximum Gasteiger partial charge on any atom is 0.408 e. The number of rotatable bonds is 14. The zero-order chi connectivity index (χ0) is 37.1. The first kappa shape index (κ1) is 39.7. The predicted octanol–water partition coefficient (Wildman–Crippen LogP) is 2.48. The van der Waals surface area contributed by atoms with Crippen LogP contribution >= 0.6 is 0 Å². The Bertz CT molecular complexity index is 1440. The molecule has 0 aliphatic carbocycles. The molecule has 3 rings (SSSR count). The van der Waals surface area contributed by atoms with Crippen LogP contribution in [0.5, 0.6) is 0 Å². The molecule has 14 nitrogen and oxygen atoms in total. The maximum absolute atomic E-state index is 14.0. The highest BCUT2D eigenvalue weighted by Gasteiger charge is 2.44. The van der Waals surface area contributed by atoms with Gasteiger partial charge in [0.15, 0.2) is 0 Å². The van der Waals surface area contributed by atoms with Gasteiger partial charge in [0.1, 0.15) is 24.4 Å². The predicted molar refractivity (Wildman–Crippen MR) is 186 cm³/mol. The SMILES string of the molecule is CC(C)(C)OC(=O)N[C@@H]1C[C@H](C(=O)NC(NC(=O)[C@H](CC(N)=O)NC(=O)OCc2ccccc2)C(O)CCc2ccccc2)N(C(C)(C)C)C1. The Labute approximate surface area is 293 Å². The number of aliphatic hydroxyl groups excluding tert-OH is 1. The minimum atomic E-state index is -1.46. The fourth-order valence-corrected chi connectivity index (χ4v) is 5.58. The molecule has 2 unspecified atom stereocenters.